The van der Waals surface area contributed by atoms with Crippen LogP contribution in [0.4, 0.5) is 11.4 Å². The number of methoxy groups -OCH3 is 1. The Morgan fingerprint density at radius 2 is 1.66 bits per heavy atom. The van der Waals surface area contributed by atoms with E-state index in [1.54, 1.807) is 67.8 Å². The smallest absolute Gasteiger partial charge is 0.282 e. The van der Waals surface area contributed by atoms with E-state index in [0.717, 1.165) is 10.5 Å². The number of carbonyl (C=O) groups is 2. The number of nitrogens with one attached hydrogen (secondary N) is 1. The molecule has 4 rings (SSSR count). The van der Waals surface area contributed by atoms with Gasteiger partial charge in [0, 0.05) is 10.7 Å². The van der Waals surface area contributed by atoms with Crippen molar-refractivity contribution in [2.75, 3.05) is 17.3 Å². The van der Waals surface area contributed by atoms with Crippen LogP contribution in [0, 0.1) is 18.3 Å². The molecule has 1 N–H and O–H groups in total. The van der Waals surface area contributed by atoms with E-state index in [9.17, 15) is 9.59 Å². The van der Waals surface area contributed by atoms with Gasteiger partial charge in [-0.15, -0.1) is 0 Å². The molecule has 0 atom stereocenters. The van der Waals surface area contributed by atoms with Crippen LogP contribution in [-0.2, 0) is 9.59 Å². The predicted octanol–water partition coefficient (Wildman–Crippen LogP) is 4.93. The van der Waals surface area contributed by atoms with Crippen molar-refractivity contribution in [2.45, 2.75) is 6.92 Å². The van der Waals surface area contributed by atoms with Crippen LogP contribution in [0.25, 0.3) is 5.57 Å². The van der Waals surface area contributed by atoms with Gasteiger partial charge in [-0.05, 0) is 66.6 Å². The highest BCUT2D eigenvalue weighted by Crippen LogP contribution is 2.35. The fourth-order valence-corrected chi connectivity index (χ4v) is 3.59. The number of halogens is 1. The highest BCUT2D eigenvalue weighted by Gasteiger charge is 2.40. The van der Waals surface area contributed by atoms with Crippen molar-refractivity contribution in [3.05, 3.63) is 94.1 Å². The van der Waals surface area contributed by atoms with Gasteiger partial charge < -0.3 is 10.1 Å². The summed E-state index contributed by atoms with van der Waals surface area (Å²) in [6.07, 6.45) is 0. The van der Waals surface area contributed by atoms with Crippen molar-refractivity contribution in [1.29, 1.82) is 5.26 Å². The van der Waals surface area contributed by atoms with Gasteiger partial charge in [-0.2, -0.15) is 5.26 Å². The van der Waals surface area contributed by atoms with E-state index < -0.39 is 11.8 Å². The topological polar surface area (TPSA) is 82.4 Å². The fourth-order valence-electron chi connectivity index (χ4n) is 3.41. The van der Waals surface area contributed by atoms with Gasteiger partial charge in [0.05, 0.1) is 30.0 Å². The largest absolute Gasteiger partial charge is 0.497 e. The lowest BCUT2D eigenvalue weighted by molar-refractivity contribution is -0.120. The molecule has 0 spiro atoms. The first kappa shape index (κ1) is 21.2. The monoisotopic (exact) mass is 443 g/mol. The lowest BCUT2D eigenvalue weighted by atomic mass is 10.0. The van der Waals surface area contributed by atoms with E-state index in [2.05, 4.69) is 5.32 Å². The van der Waals surface area contributed by atoms with Crippen molar-refractivity contribution in [3.63, 3.8) is 0 Å². The van der Waals surface area contributed by atoms with Crippen LogP contribution >= 0.6 is 11.6 Å². The zero-order chi connectivity index (χ0) is 22.8. The number of hydrogen-bond acceptors (Lipinski definition) is 5. The Morgan fingerprint density at radius 3 is 2.25 bits per heavy atom. The third-order valence-corrected chi connectivity index (χ3v) is 5.57. The number of anilines is 2. The van der Waals surface area contributed by atoms with Crippen LogP contribution in [0.3, 0.4) is 0 Å². The molecule has 158 valence electrons. The van der Waals surface area contributed by atoms with Crippen LogP contribution in [0.5, 0.6) is 5.75 Å². The molecular formula is C25H18ClN3O3. The second-order valence-corrected chi connectivity index (χ2v) is 7.58. The Kier molecular flexibility index (Phi) is 5.67. The third-order valence-electron chi connectivity index (χ3n) is 5.16. The SMILES string of the molecule is COc1ccc(C2=C(Nc3ccc(C)c(Cl)c3)C(=O)N(c3ccc(C#N)cc3)C2=O)cc1. The molecule has 1 aliphatic heterocycles. The highest BCUT2D eigenvalue weighted by molar-refractivity contribution is 6.46. The first-order chi connectivity index (χ1) is 15.4. The molecule has 7 heteroatoms. The molecule has 3 aromatic carbocycles. The van der Waals surface area contributed by atoms with Crippen LogP contribution in [-0.4, -0.2) is 18.9 Å². The molecule has 0 unspecified atom stereocenters. The minimum absolute atomic E-state index is 0.143. The minimum Gasteiger partial charge on any atom is -0.497 e. The van der Waals surface area contributed by atoms with Gasteiger partial charge in [0.25, 0.3) is 11.8 Å². The van der Waals surface area contributed by atoms with E-state index in [1.807, 2.05) is 19.1 Å². The summed E-state index contributed by atoms with van der Waals surface area (Å²) in [7, 11) is 1.55. The standard InChI is InChI=1S/C25H18ClN3O3/c1-15-3-8-18(13-21(15)26)28-23-22(17-6-11-20(32-2)12-7-17)24(30)29(25(23)31)19-9-4-16(14-27)5-10-19/h3-13,28H,1-2H3. The van der Waals surface area contributed by atoms with Gasteiger partial charge in [0.2, 0.25) is 0 Å². The number of rotatable bonds is 5. The summed E-state index contributed by atoms with van der Waals surface area (Å²) in [6, 6.07) is 20.5. The number of imide groups is 1. The Balaban J connectivity index is 1.80. The zero-order valence-corrected chi connectivity index (χ0v) is 18.1. The average molecular weight is 444 g/mol. The third kappa shape index (κ3) is 3.82. The molecule has 3 aromatic rings. The molecule has 0 aromatic heterocycles. The second kappa shape index (κ2) is 8.58. The normalized spacial score (nSPS) is 13.4. The molecule has 0 bridgehead atoms. The number of nitrogens with zero attached hydrogens (tertiary/aromatic N) is 2. The maximum Gasteiger partial charge on any atom is 0.282 e. The maximum absolute atomic E-state index is 13.4. The van der Waals surface area contributed by atoms with Gasteiger partial charge in [-0.25, -0.2) is 4.90 Å². The van der Waals surface area contributed by atoms with Gasteiger partial charge in [0.15, 0.2) is 0 Å². The molecule has 1 aliphatic rings. The van der Waals surface area contributed by atoms with Crippen LogP contribution in [0.1, 0.15) is 16.7 Å². The Morgan fingerprint density at radius 1 is 0.969 bits per heavy atom. The molecule has 32 heavy (non-hydrogen) atoms. The Bertz CT molecular complexity index is 1290. The van der Waals surface area contributed by atoms with Crippen LogP contribution in [0.2, 0.25) is 5.02 Å². The van der Waals surface area contributed by atoms with Crippen molar-refractivity contribution >= 4 is 40.4 Å². The van der Waals surface area contributed by atoms with Crippen molar-refractivity contribution < 1.29 is 14.3 Å². The summed E-state index contributed by atoms with van der Waals surface area (Å²) in [5, 5.41) is 12.7. The van der Waals surface area contributed by atoms with Gasteiger partial charge in [0.1, 0.15) is 11.4 Å². The predicted molar refractivity (Wildman–Crippen MR) is 123 cm³/mol. The number of aryl methyl sites for hydroxylation is 1. The number of benzene rings is 3. The van der Waals surface area contributed by atoms with E-state index >= 15 is 0 Å². The number of hydrogen-bond donors (Lipinski definition) is 1. The maximum atomic E-state index is 13.4. The lowest BCUT2D eigenvalue weighted by Gasteiger charge is -2.15. The van der Waals surface area contributed by atoms with E-state index in [1.165, 1.54) is 0 Å². The Labute approximate surface area is 190 Å². The number of ether oxygens (including phenoxy) is 1. The molecule has 0 saturated carbocycles. The van der Waals surface area contributed by atoms with E-state index in [-0.39, 0.29) is 11.3 Å². The second-order valence-electron chi connectivity index (χ2n) is 7.17. The van der Waals surface area contributed by atoms with E-state index in [4.69, 9.17) is 21.6 Å². The summed E-state index contributed by atoms with van der Waals surface area (Å²) in [5.41, 5.74) is 3.25. The molecule has 0 radical (unpaired) electrons. The van der Waals surface area contributed by atoms with E-state index in [0.29, 0.717) is 33.3 Å². The first-order valence-corrected chi connectivity index (χ1v) is 10.1. The number of carbonyl (C=O) groups excluding carboxylic acids is 2. The van der Waals surface area contributed by atoms with Crippen molar-refractivity contribution in [1.82, 2.24) is 0 Å². The lowest BCUT2D eigenvalue weighted by Crippen LogP contribution is -2.32. The van der Waals surface area contributed by atoms with Crippen molar-refractivity contribution in [2.24, 2.45) is 0 Å². The Hall–Kier alpha value is -4.08. The number of amides is 2. The summed E-state index contributed by atoms with van der Waals surface area (Å²) >= 11 is 6.25. The quantitative estimate of drug-likeness (QED) is 0.565. The molecule has 6 nitrogen and oxygen atoms in total. The van der Waals surface area contributed by atoms with Gasteiger partial charge in [-0.3, -0.25) is 9.59 Å². The number of nitriles is 1. The summed E-state index contributed by atoms with van der Waals surface area (Å²) in [5.74, 6) is -0.331. The molecular weight excluding hydrogens is 426 g/mol. The molecule has 2 amide bonds. The van der Waals surface area contributed by atoms with Crippen molar-refractivity contribution in [3.8, 4) is 11.8 Å². The minimum atomic E-state index is -0.498. The van der Waals surface area contributed by atoms with Gasteiger partial charge in [-0.1, -0.05) is 29.8 Å². The summed E-state index contributed by atoms with van der Waals surface area (Å²) in [6.45, 7) is 1.88. The molecule has 1 heterocycles. The van der Waals surface area contributed by atoms with Crippen LogP contribution in [0.15, 0.2) is 72.4 Å². The zero-order valence-electron chi connectivity index (χ0n) is 17.3. The molecule has 0 saturated heterocycles. The molecule has 0 aliphatic carbocycles. The summed E-state index contributed by atoms with van der Waals surface area (Å²) < 4.78 is 5.20. The van der Waals surface area contributed by atoms with Gasteiger partial charge >= 0.3 is 0 Å². The highest BCUT2D eigenvalue weighted by atomic mass is 35.5. The van der Waals surface area contributed by atoms with Crippen LogP contribution < -0.4 is 15.0 Å². The molecule has 0 fully saturated rings. The first-order valence-electron chi connectivity index (χ1n) is 9.73. The summed E-state index contributed by atoms with van der Waals surface area (Å²) in [4.78, 5) is 27.9. The average Bonchev–Trinajstić information content (AvgIpc) is 3.05. The fraction of sp³-hybridized carbons (Fsp3) is 0.0800.